The van der Waals surface area contributed by atoms with Crippen molar-refractivity contribution in [2.45, 2.75) is 19.3 Å². The Balaban J connectivity index is 2.16. The molecule has 2 nitrogen and oxygen atoms in total. The van der Waals surface area contributed by atoms with Crippen LogP contribution in [0.25, 0.3) is 0 Å². The lowest BCUT2D eigenvalue weighted by Crippen LogP contribution is -2.24. The van der Waals surface area contributed by atoms with Crippen LogP contribution in [0.1, 0.15) is 17.5 Å². The lowest BCUT2D eigenvalue weighted by molar-refractivity contribution is 0.408. The highest BCUT2D eigenvalue weighted by Crippen LogP contribution is 2.28. The molecule has 0 aromatic heterocycles. The second-order valence-corrected chi connectivity index (χ2v) is 4.30. The van der Waals surface area contributed by atoms with Crippen LogP contribution in [0.5, 0.6) is 5.75 Å². The van der Waals surface area contributed by atoms with Crippen LogP contribution in [0, 0.1) is 5.92 Å². The van der Waals surface area contributed by atoms with Crippen molar-refractivity contribution in [1.82, 2.24) is 5.32 Å². The zero-order valence-corrected chi connectivity index (χ0v) is 9.55. The van der Waals surface area contributed by atoms with Crippen LogP contribution in [0.15, 0.2) is 18.2 Å². The molecule has 1 aromatic carbocycles. The largest absolute Gasteiger partial charge is 0.497 e. The fourth-order valence-electron chi connectivity index (χ4n) is 2.40. The summed E-state index contributed by atoms with van der Waals surface area (Å²) in [7, 11) is 3.76. The van der Waals surface area contributed by atoms with Crippen molar-refractivity contribution >= 4 is 0 Å². The predicted octanol–water partition coefficient (Wildman–Crippen LogP) is 2.02. The lowest BCUT2D eigenvalue weighted by atomic mass is 9.84. The van der Waals surface area contributed by atoms with Gasteiger partial charge in [0, 0.05) is 0 Å². The van der Waals surface area contributed by atoms with Gasteiger partial charge in [-0.15, -0.1) is 0 Å². The van der Waals surface area contributed by atoms with Crippen molar-refractivity contribution in [3.8, 4) is 5.75 Å². The topological polar surface area (TPSA) is 21.3 Å². The van der Waals surface area contributed by atoms with Crippen LogP contribution in [-0.2, 0) is 12.8 Å². The molecule has 1 N–H and O–H groups in total. The third-order valence-corrected chi connectivity index (χ3v) is 3.24. The summed E-state index contributed by atoms with van der Waals surface area (Å²) < 4.78 is 5.26. The van der Waals surface area contributed by atoms with Crippen LogP contribution >= 0.6 is 0 Å². The van der Waals surface area contributed by atoms with Gasteiger partial charge in [-0.3, -0.25) is 0 Å². The van der Waals surface area contributed by atoms with E-state index in [4.69, 9.17) is 4.74 Å². The van der Waals surface area contributed by atoms with E-state index in [1.54, 1.807) is 7.11 Å². The first-order valence-electron chi connectivity index (χ1n) is 5.64. The lowest BCUT2D eigenvalue weighted by Gasteiger charge is -2.24. The molecule has 0 saturated heterocycles. The average molecular weight is 205 g/mol. The standard InChI is InChI=1S/C13H19NO/c1-14-9-10-3-4-11-5-6-13(15-2)8-12(11)7-10/h5-6,8,10,14H,3-4,7,9H2,1-2H3. The van der Waals surface area contributed by atoms with Gasteiger partial charge in [0.25, 0.3) is 0 Å². The fraction of sp³-hybridized carbons (Fsp3) is 0.538. The number of ether oxygens (including phenoxy) is 1. The SMILES string of the molecule is CNCC1CCc2ccc(OC)cc2C1. The van der Waals surface area contributed by atoms with Crippen LogP contribution in [-0.4, -0.2) is 20.7 Å². The molecular formula is C13H19NO. The summed E-state index contributed by atoms with van der Waals surface area (Å²) in [5.41, 5.74) is 2.98. The van der Waals surface area contributed by atoms with E-state index < -0.39 is 0 Å². The molecule has 0 aliphatic heterocycles. The first kappa shape index (κ1) is 10.5. The molecule has 0 heterocycles. The van der Waals surface area contributed by atoms with Crippen molar-refractivity contribution in [2.75, 3.05) is 20.7 Å². The third-order valence-electron chi connectivity index (χ3n) is 3.24. The van der Waals surface area contributed by atoms with Crippen LogP contribution in [0.3, 0.4) is 0 Å². The summed E-state index contributed by atoms with van der Waals surface area (Å²) in [6.45, 7) is 1.12. The van der Waals surface area contributed by atoms with Gasteiger partial charge in [0.15, 0.2) is 0 Å². The summed E-state index contributed by atoms with van der Waals surface area (Å²) in [5.74, 6) is 1.77. The van der Waals surface area contributed by atoms with Crippen molar-refractivity contribution in [2.24, 2.45) is 5.92 Å². The first-order chi connectivity index (χ1) is 7.33. The Morgan fingerprint density at radius 1 is 1.40 bits per heavy atom. The van der Waals surface area contributed by atoms with Gasteiger partial charge in [0.05, 0.1) is 7.11 Å². The molecule has 0 saturated carbocycles. The number of hydrogen-bond donors (Lipinski definition) is 1. The number of benzene rings is 1. The first-order valence-corrected chi connectivity index (χ1v) is 5.64. The normalized spacial score (nSPS) is 19.7. The Morgan fingerprint density at radius 3 is 3.00 bits per heavy atom. The van der Waals surface area contributed by atoms with E-state index in [2.05, 4.69) is 23.5 Å². The maximum absolute atomic E-state index is 5.26. The Hall–Kier alpha value is -1.02. The monoisotopic (exact) mass is 205 g/mol. The van der Waals surface area contributed by atoms with Crippen LogP contribution in [0.4, 0.5) is 0 Å². The number of aryl methyl sites for hydroxylation is 1. The van der Waals surface area contributed by atoms with Gasteiger partial charge >= 0.3 is 0 Å². The van der Waals surface area contributed by atoms with Crippen LogP contribution in [0.2, 0.25) is 0 Å². The number of methoxy groups -OCH3 is 1. The maximum Gasteiger partial charge on any atom is 0.119 e. The summed E-state index contributed by atoms with van der Waals surface area (Å²) in [6, 6.07) is 6.47. The molecular weight excluding hydrogens is 186 g/mol. The quantitative estimate of drug-likeness (QED) is 0.815. The predicted molar refractivity (Wildman–Crippen MR) is 62.4 cm³/mol. The molecule has 0 fully saturated rings. The molecule has 1 unspecified atom stereocenters. The summed E-state index contributed by atoms with van der Waals surface area (Å²) in [6.07, 6.45) is 3.71. The molecule has 1 aromatic rings. The fourth-order valence-corrected chi connectivity index (χ4v) is 2.40. The second kappa shape index (κ2) is 4.67. The van der Waals surface area contributed by atoms with Gasteiger partial charge in [-0.1, -0.05) is 6.07 Å². The van der Waals surface area contributed by atoms with Gasteiger partial charge in [-0.05, 0) is 62.0 Å². The molecule has 0 bridgehead atoms. The molecule has 82 valence electrons. The number of rotatable bonds is 3. The zero-order valence-electron chi connectivity index (χ0n) is 9.55. The average Bonchev–Trinajstić information content (AvgIpc) is 2.28. The van der Waals surface area contributed by atoms with E-state index in [0.29, 0.717) is 0 Å². The Morgan fingerprint density at radius 2 is 2.27 bits per heavy atom. The number of hydrogen-bond acceptors (Lipinski definition) is 2. The molecule has 2 heteroatoms. The molecule has 1 atom stereocenters. The maximum atomic E-state index is 5.26. The van der Waals surface area contributed by atoms with E-state index in [9.17, 15) is 0 Å². The smallest absolute Gasteiger partial charge is 0.119 e. The zero-order chi connectivity index (χ0) is 10.7. The van der Waals surface area contributed by atoms with Gasteiger partial charge < -0.3 is 10.1 Å². The molecule has 2 rings (SSSR count). The van der Waals surface area contributed by atoms with Crippen molar-refractivity contribution < 1.29 is 4.74 Å². The van der Waals surface area contributed by atoms with E-state index in [1.165, 1.54) is 30.4 Å². The third kappa shape index (κ3) is 2.32. The van der Waals surface area contributed by atoms with Crippen LogP contribution < -0.4 is 10.1 Å². The molecule has 0 amide bonds. The molecule has 15 heavy (non-hydrogen) atoms. The molecule has 0 spiro atoms. The summed E-state index contributed by atoms with van der Waals surface area (Å²) in [5, 5.41) is 3.27. The number of fused-ring (bicyclic) bond motifs is 1. The van der Waals surface area contributed by atoms with Gasteiger partial charge in [0.1, 0.15) is 5.75 Å². The highest BCUT2D eigenvalue weighted by molar-refractivity contribution is 5.37. The van der Waals surface area contributed by atoms with E-state index in [-0.39, 0.29) is 0 Å². The van der Waals surface area contributed by atoms with Crippen molar-refractivity contribution in [3.05, 3.63) is 29.3 Å². The van der Waals surface area contributed by atoms with Crippen molar-refractivity contribution in [3.63, 3.8) is 0 Å². The highest BCUT2D eigenvalue weighted by atomic mass is 16.5. The molecule has 0 radical (unpaired) electrons. The second-order valence-electron chi connectivity index (χ2n) is 4.30. The Kier molecular flexibility index (Phi) is 3.27. The van der Waals surface area contributed by atoms with Gasteiger partial charge in [-0.2, -0.15) is 0 Å². The van der Waals surface area contributed by atoms with Gasteiger partial charge in [0.2, 0.25) is 0 Å². The van der Waals surface area contributed by atoms with Gasteiger partial charge in [-0.25, -0.2) is 0 Å². The van der Waals surface area contributed by atoms with E-state index in [1.807, 2.05) is 7.05 Å². The minimum Gasteiger partial charge on any atom is -0.497 e. The van der Waals surface area contributed by atoms with E-state index >= 15 is 0 Å². The minimum atomic E-state index is 0.787. The molecule has 1 aliphatic rings. The summed E-state index contributed by atoms with van der Waals surface area (Å²) in [4.78, 5) is 0. The molecule has 1 aliphatic carbocycles. The van der Waals surface area contributed by atoms with Crippen molar-refractivity contribution in [1.29, 1.82) is 0 Å². The number of nitrogens with one attached hydrogen (secondary N) is 1. The minimum absolute atomic E-state index is 0.787. The highest BCUT2D eigenvalue weighted by Gasteiger charge is 2.18. The Labute approximate surface area is 91.6 Å². The van der Waals surface area contributed by atoms with E-state index in [0.717, 1.165) is 18.2 Å². The summed E-state index contributed by atoms with van der Waals surface area (Å²) >= 11 is 0. The Bertz CT molecular complexity index is 335.